The first-order valence-corrected chi connectivity index (χ1v) is 9.04. The second-order valence-corrected chi connectivity index (χ2v) is 8.22. The summed E-state index contributed by atoms with van der Waals surface area (Å²) in [6.45, 7) is 5.55. The molecule has 1 aliphatic rings. The number of fused-ring (bicyclic) bond motifs is 1. The number of Topliss-reactive ketones (excluding diaryl/α,β-unsaturated/α-hetero) is 3. The molecule has 2 aromatic rings. The zero-order valence-electron chi connectivity index (χ0n) is 15.1. The van der Waals surface area contributed by atoms with Gasteiger partial charge in [-0.05, 0) is 17.7 Å². The highest BCUT2D eigenvalue weighted by Crippen LogP contribution is 2.40. The molecule has 0 radical (unpaired) electrons. The lowest BCUT2D eigenvalue weighted by Crippen LogP contribution is -2.30. The summed E-state index contributed by atoms with van der Waals surface area (Å²) >= 11 is 5.98. The summed E-state index contributed by atoms with van der Waals surface area (Å²) in [5, 5.41) is 0.571. The van der Waals surface area contributed by atoms with Gasteiger partial charge in [0, 0.05) is 33.9 Å². The predicted octanol–water partition coefficient (Wildman–Crippen LogP) is 5.12. The number of rotatable bonds is 4. The Morgan fingerprint density at radius 1 is 0.962 bits per heavy atom. The lowest BCUT2D eigenvalue weighted by Gasteiger charge is -2.25. The van der Waals surface area contributed by atoms with Crippen LogP contribution in [-0.4, -0.2) is 17.3 Å². The van der Waals surface area contributed by atoms with Crippen molar-refractivity contribution in [1.82, 2.24) is 0 Å². The van der Waals surface area contributed by atoms with E-state index in [1.165, 1.54) is 0 Å². The first-order valence-electron chi connectivity index (χ1n) is 8.66. The number of carbonyl (C=O) groups is 3. The number of ketones is 3. The summed E-state index contributed by atoms with van der Waals surface area (Å²) in [4.78, 5) is 38.6. The van der Waals surface area contributed by atoms with Crippen LogP contribution in [0, 0.1) is 11.3 Å². The number of hydrogen-bond acceptors (Lipinski definition) is 3. The molecule has 4 heteroatoms. The van der Waals surface area contributed by atoms with E-state index in [0.717, 1.165) is 5.56 Å². The van der Waals surface area contributed by atoms with Crippen LogP contribution >= 0.6 is 11.6 Å². The number of halogens is 1. The van der Waals surface area contributed by atoms with E-state index < -0.39 is 17.3 Å². The van der Waals surface area contributed by atoms with E-state index in [0.29, 0.717) is 16.1 Å². The Morgan fingerprint density at radius 3 is 1.92 bits per heavy atom. The van der Waals surface area contributed by atoms with Crippen LogP contribution in [0.3, 0.4) is 0 Å². The summed E-state index contributed by atoms with van der Waals surface area (Å²) in [6, 6.07) is 13.9. The zero-order valence-corrected chi connectivity index (χ0v) is 15.8. The van der Waals surface area contributed by atoms with Gasteiger partial charge in [-0.3, -0.25) is 14.4 Å². The van der Waals surface area contributed by atoms with Crippen LogP contribution in [0.1, 0.15) is 59.4 Å². The van der Waals surface area contributed by atoms with Crippen LogP contribution in [0.4, 0.5) is 0 Å². The third-order valence-electron chi connectivity index (χ3n) is 4.97. The molecule has 1 atom stereocenters. The van der Waals surface area contributed by atoms with Crippen molar-refractivity contribution >= 4 is 29.0 Å². The van der Waals surface area contributed by atoms with Crippen molar-refractivity contribution in [2.75, 3.05) is 0 Å². The van der Waals surface area contributed by atoms with Gasteiger partial charge in [-0.2, -0.15) is 0 Å². The number of carbonyl (C=O) groups excluding carboxylic acids is 3. The minimum atomic E-state index is -0.861. The molecule has 26 heavy (non-hydrogen) atoms. The van der Waals surface area contributed by atoms with E-state index in [9.17, 15) is 14.4 Å². The van der Waals surface area contributed by atoms with Gasteiger partial charge in [-0.15, -0.1) is 0 Å². The standard InChI is InChI=1S/C22H21ClO3/c1-22(2,3)18(24)12-17(13-8-10-14(23)11-9-13)19-20(25)15-6-4-5-7-16(15)21(19)26/h4-11,17,19H,12H2,1-3H3/t17-/m0/s1. The summed E-state index contributed by atoms with van der Waals surface area (Å²) in [7, 11) is 0. The maximum absolute atomic E-state index is 13.0. The molecule has 0 spiro atoms. The maximum Gasteiger partial charge on any atom is 0.175 e. The van der Waals surface area contributed by atoms with Crippen LogP contribution in [0.2, 0.25) is 5.02 Å². The molecule has 0 saturated heterocycles. The van der Waals surface area contributed by atoms with E-state index in [2.05, 4.69) is 0 Å². The minimum absolute atomic E-state index is 0.0222. The summed E-state index contributed by atoms with van der Waals surface area (Å²) < 4.78 is 0. The van der Waals surface area contributed by atoms with Gasteiger partial charge in [0.15, 0.2) is 11.6 Å². The van der Waals surface area contributed by atoms with E-state index in [-0.39, 0.29) is 23.8 Å². The molecule has 0 aromatic heterocycles. The van der Waals surface area contributed by atoms with Gasteiger partial charge in [0.1, 0.15) is 5.78 Å². The molecule has 0 fully saturated rings. The van der Waals surface area contributed by atoms with Crippen LogP contribution < -0.4 is 0 Å². The highest BCUT2D eigenvalue weighted by atomic mass is 35.5. The molecule has 3 nitrogen and oxygen atoms in total. The van der Waals surface area contributed by atoms with Crippen molar-refractivity contribution < 1.29 is 14.4 Å². The molecular weight excluding hydrogens is 348 g/mol. The maximum atomic E-state index is 13.0. The zero-order chi connectivity index (χ0) is 19.1. The Bertz CT molecular complexity index is 840. The third kappa shape index (κ3) is 3.36. The second kappa shape index (κ2) is 6.81. The highest BCUT2D eigenvalue weighted by molar-refractivity contribution is 6.30. The Balaban J connectivity index is 2.04. The van der Waals surface area contributed by atoms with Gasteiger partial charge in [0.05, 0.1) is 5.92 Å². The molecule has 0 bridgehead atoms. The van der Waals surface area contributed by atoms with E-state index >= 15 is 0 Å². The molecule has 1 aliphatic carbocycles. The van der Waals surface area contributed by atoms with Crippen molar-refractivity contribution in [3.05, 3.63) is 70.2 Å². The average Bonchev–Trinajstić information content (AvgIpc) is 2.84. The van der Waals surface area contributed by atoms with Gasteiger partial charge in [-0.1, -0.05) is 68.8 Å². The molecule has 0 N–H and O–H groups in total. The molecule has 3 rings (SSSR count). The second-order valence-electron chi connectivity index (χ2n) is 7.79. The molecule has 0 amide bonds. The fraction of sp³-hybridized carbons (Fsp3) is 0.318. The third-order valence-corrected chi connectivity index (χ3v) is 5.22. The average molecular weight is 369 g/mol. The molecule has 0 unspecified atom stereocenters. The smallest absolute Gasteiger partial charge is 0.175 e. The van der Waals surface area contributed by atoms with Gasteiger partial charge >= 0.3 is 0 Å². The van der Waals surface area contributed by atoms with Gasteiger partial charge in [-0.25, -0.2) is 0 Å². The Morgan fingerprint density at radius 2 is 1.46 bits per heavy atom. The van der Waals surface area contributed by atoms with Gasteiger partial charge in [0.25, 0.3) is 0 Å². The van der Waals surface area contributed by atoms with Crippen LogP contribution in [0.15, 0.2) is 48.5 Å². The van der Waals surface area contributed by atoms with Gasteiger partial charge < -0.3 is 0 Å². The first-order chi connectivity index (χ1) is 12.2. The highest BCUT2D eigenvalue weighted by Gasteiger charge is 2.44. The molecule has 134 valence electrons. The molecule has 0 saturated carbocycles. The van der Waals surface area contributed by atoms with Crippen LogP contribution in [0.25, 0.3) is 0 Å². The van der Waals surface area contributed by atoms with Crippen molar-refractivity contribution in [2.24, 2.45) is 11.3 Å². The Hall–Kier alpha value is -2.26. The monoisotopic (exact) mass is 368 g/mol. The lowest BCUT2D eigenvalue weighted by atomic mass is 9.75. The lowest BCUT2D eigenvalue weighted by molar-refractivity contribution is -0.126. The largest absolute Gasteiger partial charge is 0.299 e. The van der Waals surface area contributed by atoms with Crippen molar-refractivity contribution in [1.29, 1.82) is 0 Å². The normalized spacial score (nSPS) is 15.8. The summed E-state index contributed by atoms with van der Waals surface area (Å²) in [5.74, 6) is -1.74. The first kappa shape index (κ1) is 18.5. The van der Waals surface area contributed by atoms with E-state index in [1.54, 1.807) is 48.5 Å². The Labute approximate surface area is 158 Å². The van der Waals surface area contributed by atoms with E-state index in [1.807, 2.05) is 20.8 Å². The fourth-order valence-corrected chi connectivity index (χ4v) is 3.50. The number of benzene rings is 2. The minimum Gasteiger partial charge on any atom is -0.299 e. The molecule has 0 heterocycles. The summed E-state index contributed by atoms with van der Waals surface area (Å²) in [5.41, 5.74) is 1.14. The SMILES string of the molecule is CC(C)(C)C(=O)C[C@@H](c1ccc(Cl)cc1)C1C(=O)c2ccccc2C1=O. The molecule has 2 aromatic carbocycles. The molecular formula is C22H21ClO3. The fourth-order valence-electron chi connectivity index (χ4n) is 3.38. The number of hydrogen-bond donors (Lipinski definition) is 0. The molecule has 0 aliphatic heterocycles. The van der Waals surface area contributed by atoms with Crippen LogP contribution in [-0.2, 0) is 4.79 Å². The topological polar surface area (TPSA) is 51.2 Å². The summed E-state index contributed by atoms with van der Waals surface area (Å²) in [6.07, 6.45) is 0.140. The predicted molar refractivity (Wildman–Crippen MR) is 102 cm³/mol. The van der Waals surface area contributed by atoms with Crippen molar-refractivity contribution in [2.45, 2.75) is 33.1 Å². The van der Waals surface area contributed by atoms with Gasteiger partial charge in [0.2, 0.25) is 0 Å². The van der Waals surface area contributed by atoms with Crippen molar-refractivity contribution in [3.8, 4) is 0 Å². The van der Waals surface area contributed by atoms with E-state index in [4.69, 9.17) is 11.6 Å². The van der Waals surface area contributed by atoms with Crippen molar-refractivity contribution in [3.63, 3.8) is 0 Å². The van der Waals surface area contributed by atoms with Crippen LogP contribution in [0.5, 0.6) is 0 Å². The quantitative estimate of drug-likeness (QED) is 0.703. The Kier molecular flexibility index (Phi) is 4.85.